The third-order valence-corrected chi connectivity index (χ3v) is 7.00. The van der Waals surface area contributed by atoms with Crippen molar-refractivity contribution in [2.75, 3.05) is 47.4 Å². The highest BCUT2D eigenvalue weighted by Gasteiger charge is 2.27. The number of hydrogen-bond acceptors (Lipinski definition) is 6. The van der Waals surface area contributed by atoms with E-state index in [1.54, 1.807) is 42.5 Å². The van der Waals surface area contributed by atoms with E-state index in [0.717, 1.165) is 18.7 Å². The van der Waals surface area contributed by atoms with Crippen LogP contribution in [0.1, 0.15) is 15.9 Å². The van der Waals surface area contributed by atoms with Crippen LogP contribution in [-0.4, -0.2) is 71.0 Å². The number of benzene rings is 2. The summed E-state index contributed by atoms with van der Waals surface area (Å²) in [5, 5.41) is 2.83. The van der Waals surface area contributed by atoms with Crippen LogP contribution >= 0.6 is 0 Å². The topological polar surface area (TPSA) is 88.2 Å². The minimum Gasteiger partial charge on any atom is -0.497 e. The van der Waals surface area contributed by atoms with Gasteiger partial charge in [0.25, 0.3) is 5.91 Å². The maximum Gasteiger partial charge on any atom is 0.251 e. The van der Waals surface area contributed by atoms with Crippen LogP contribution in [0.2, 0.25) is 0 Å². The first kappa shape index (κ1) is 22.1. The Hall–Kier alpha value is -2.62. The van der Waals surface area contributed by atoms with Gasteiger partial charge >= 0.3 is 0 Å². The SMILES string of the molecule is COc1cc(OC)cc(C(=O)NCc2ccc(S(=O)(=O)N3CCN(C)CC3)cc2)c1. The molecule has 3 rings (SSSR count). The average molecular weight is 434 g/mol. The lowest BCUT2D eigenvalue weighted by molar-refractivity contribution is 0.0950. The monoisotopic (exact) mass is 433 g/mol. The molecule has 2 aromatic rings. The first-order chi connectivity index (χ1) is 14.3. The molecule has 0 aliphatic carbocycles. The molecule has 0 saturated carbocycles. The van der Waals surface area contributed by atoms with Crippen molar-refractivity contribution < 1.29 is 22.7 Å². The van der Waals surface area contributed by atoms with E-state index in [9.17, 15) is 13.2 Å². The van der Waals surface area contributed by atoms with Crippen LogP contribution in [0, 0.1) is 0 Å². The van der Waals surface area contributed by atoms with Gasteiger partial charge in [-0.05, 0) is 36.9 Å². The van der Waals surface area contributed by atoms with Crippen molar-refractivity contribution in [2.24, 2.45) is 0 Å². The summed E-state index contributed by atoms with van der Waals surface area (Å²) in [4.78, 5) is 14.9. The van der Waals surface area contributed by atoms with Crippen LogP contribution in [0.15, 0.2) is 47.4 Å². The summed E-state index contributed by atoms with van der Waals surface area (Å²) in [5.41, 5.74) is 1.22. The van der Waals surface area contributed by atoms with Gasteiger partial charge < -0.3 is 19.7 Å². The summed E-state index contributed by atoms with van der Waals surface area (Å²) < 4.78 is 37.5. The predicted octanol–water partition coefficient (Wildman–Crippen LogP) is 1.57. The van der Waals surface area contributed by atoms with Gasteiger partial charge in [-0.25, -0.2) is 8.42 Å². The molecular weight excluding hydrogens is 406 g/mol. The molecule has 0 unspecified atom stereocenters. The van der Waals surface area contributed by atoms with Gasteiger partial charge in [-0.2, -0.15) is 4.31 Å². The fourth-order valence-corrected chi connectivity index (χ4v) is 4.60. The third kappa shape index (κ3) is 5.10. The van der Waals surface area contributed by atoms with Gasteiger partial charge in [0, 0.05) is 44.4 Å². The zero-order valence-corrected chi connectivity index (χ0v) is 18.2. The molecule has 162 valence electrons. The molecule has 0 bridgehead atoms. The predicted molar refractivity (Wildman–Crippen MR) is 113 cm³/mol. The lowest BCUT2D eigenvalue weighted by Gasteiger charge is -2.31. The van der Waals surface area contributed by atoms with Gasteiger partial charge in [0.1, 0.15) is 11.5 Å². The summed E-state index contributed by atoms with van der Waals surface area (Å²) in [6.45, 7) is 2.69. The maximum absolute atomic E-state index is 12.8. The number of carbonyl (C=O) groups excluding carboxylic acids is 1. The lowest BCUT2D eigenvalue weighted by atomic mass is 10.1. The summed E-state index contributed by atoms with van der Waals surface area (Å²) >= 11 is 0. The Labute approximate surface area is 177 Å². The van der Waals surface area contributed by atoms with Crippen LogP contribution in [-0.2, 0) is 16.6 Å². The number of nitrogens with one attached hydrogen (secondary N) is 1. The Balaban J connectivity index is 1.64. The average Bonchev–Trinajstić information content (AvgIpc) is 2.77. The minimum atomic E-state index is -3.50. The number of hydrogen-bond donors (Lipinski definition) is 1. The van der Waals surface area contributed by atoms with E-state index >= 15 is 0 Å². The number of nitrogens with zero attached hydrogens (tertiary/aromatic N) is 2. The number of piperazine rings is 1. The van der Waals surface area contributed by atoms with E-state index in [0.29, 0.717) is 30.2 Å². The molecule has 1 aliphatic rings. The molecule has 0 radical (unpaired) electrons. The second kappa shape index (κ2) is 9.46. The van der Waals surface area contributed by atoms with Crippen LogP contribution in [0.5, 0.6) is 11.5 Å². The lowest BCUT2D eigenvalue weighted by Crippen LogP contribution is -2.47. The standard InChI is InChI=1S/C21H27N3O5S/c1-23-8-10-24(11-9-23)30(26,27)20-6-4-16(5-7-20)15-22-21(25)17-12-18(28-2)14-19(13-17)29-3/h4-7,12-14H,8-11,15H2,1-3H3,(H,22,25). The number of methoxy groups -OCH3 is 2. The Morgan fingerprint density at radius 2 is 1.53 bits per heavy atom. The second-order valence-corrected chi connectivity index (χ2v) is 9.07. The fraction of sp³-hybridized carbons (Fsp3) is 0.381. The Kier molecular flexibility index (Phi) is 6.96. The molecule has 1 aliphatic heterocycles. The van der Waals surface area contributed by atoms with Crippen molar-refractivity contribution in [3.05, 3.63) is 53.6 Å². The first-order valence-electron chi connectivity index (χ1n) is 9.62. The number of amides is 1. The van der Waals surface area contributed by atoms with Crippen molar-refractivity contribution in [1.82, 2.24) is 14.5 Å². The molecule has 1 amide bonds. The van der Waals surface area contributed by atoms with E-state index in [1.807, 2.05) is 7.05 Å². The van der Waals surface area contributed by atoms with Crippen molar-refractivity contribution >= 4 is 15.9 Å². The molecule has 1 heterocycles. The molecule has 1 N–H and O–H groups in total. The van der Waals surface area contributed by atoms with Gasteiger partial charge in [0.15, 0.2) is 0 Å². The molecule has 0 atom stereocenters. The zero-order valence-electron chi connectivity index (χ0n) is 17.4. The highest BCUT2D eigenvalue weighted by molar-refractivity contribution is 7.89. The first-order valence-corrected chi connectivity index (χ1v) is 11.1. The number of ether oxygens (including phenoxy) is 2. The number of sulfonamides is 1. The minimum absolute atomic E-state index is 0.264. The molecule has 9 heteroatoms. The van der Waals surface area contributed by atoms with Crippen molar-refractivity contribution in [3.8, 4) is 11.5 Å². The van der Waals surface area contributed by atoms with Gasteiger partial charge in [0.05, 0.1) is 19.1 Å². The number of likely N-dealkylation sites (N-methyl/N-ethyl adjacent to an activating group) is 1. The summed E-state index contributed by atoms with van der Waals surface area (Å²) in [5.74, 6) is 0.775. The Morgan fingerprint density at radius 3 is 2.07 bits per heavy atom. The molecule has 1 saturated heterocycles. The van der Waals surface area contributed by atoms with E-state index < -0.39 is 10.0 Å². The van der Waals surface area contributed by atoms with Gasteiger partial charge in [-0.1, -0.05) is 12.1 Å². The fourth-order valence-electron chi connectivity index (χ4n) is 3.18. The molecule has 0 aromatic heterocycles. The number of carbonyl (C=O) groups is 1. The second-order valence-electron chi connectivity index (χ2n) is 7.14. The Morgan fingerprint density at radius 1 is 0.967 bits per heavy atom. The van der Waals surface area contributed by atoms with E-state index in [2.05, 4.69) is 10.2 Å². The molecule has 0 spiro atoms. The van der Waals surface area contributed by atoms with Crippen molar-refractivity contribution in [1.29, 1.82) is 0 Å². The van der Waals surface area contributed by atoms with Crippen LogP contribution < -0.4 is 14.8 Å². The number of rotatable bonds is 7. The maximum atomic E-state index is 12.8. The van der Waals surface area contributed by atoms with E-state index in [-0.39, 0.29) is 17.3 Å². The quantitative estimate of drug-likeness (QED) is 0.713. The Bertz CT molecular complexity index is 962. The van der Waals surface area contributed by atoms with Gasteiger partial charge in [0.2, 0.25) is 10.0 Å². The van der Waals surface area contributed by atoms with Crippen molar-refractivity contribution in [3.63, 3.8) is 0 Å². The molecule has 1 fully saturated rings. The normalized spacial score (nSPS) is 15.6. The van der Waals surface area contributed by atoms with Crippen LogP contribution in [0.3, 0.4) is 0 Å². The van der Waals surface area contributed by atoms with Crippen LogP contribution in [0.4, 0.5) is 0 Å². The largest absolute Gasteiger partial charge is 0.497 e. The summed E-state index contributed by atoms with van der Waals surface area (Å²) in [6.07, 6.45) is 0. The molecule has 30 heavy (non-hydrogen) atoms. The van der Waals surface area contributed by atoms with E-state index in [4.69, 9.17) is 9.47 Å². The van der Waals surface area contributed by atoms with Gasteiger partial charge in [-0.3, -0.25) is 4.79 Å². The van der Waals surface area contributed by atoms with Crippen LogP contribution in [0.25, 0.3) is 0 Å². The summed E-state index contributed by atoms with van der Waals surface area (Å²) in [7, 11) is 1.52. The summed E-state index contributed by atoms with van der Waals surface area (Å²) in [6, 6.07) is 11.6. The highest BCUT2D eigenvalue weighted by Crippen LogP contribution is 2.22. The molecule has 8 nitrogen and oxygen atoms in total. The zero-order chi connectivity index (χ0) is 21.7. The molecular formula is C21H27N3O5S. The molecule has 2 aromatic carbocycles. The highest BCUT2D eigenvalue weighted by atomic mass is 32.2. The van der Waals surface area contributed by atoms with Gasteiger partial charge in [-0.15, -0.1) is 0 Å². The van der Waals surface area contributed by atoms with Crippen molar-refractivity contribution in [2.45, 2.75) is 11.4 Å². The third-order valence-electron chi connectivity index (χ3n) is 5.09. The van der Waals surface area contributed by atoms with E-state index in [1.165, 1.54) is 18.5 Å². The smallest absolute Gasteiger partial charge is 0.251 e.